The molecule has 0 N–H and O–H groups in total. The van der Waals surface area contributed by atoms with Crippen LogP contribution in [0, 0.1) is 18.7 Å². The van der Waals surface area contributed by atoms with Crippen LogP contribution in [0.5, 0.6) is 0 Å². The smallest absolute Gasteiger partial charge is 0.132 e. The Balaban J connectivity index is 1.56. The molecule has 0 radical (unpaired) electrons. The Hall–Kier alpha value is -1.93. The van der Waals surface area contributed by atoms with Gasteiger partial charge in [-0.2, -0.15) is 0 Å². The summed E-state index contributed by atoms with van der Waals surface area (Å²) in [6.45, 7) is 2.06. The minimum absolute atomic E-state index is 0.135. The van der Waals surface area contributed by atoms with E-state index in [2.05, 4.69) is 31.2 Å². The van der Waals surface area contributed by atoms with Gasteiger partial charge in [-0.15, -0.1) is 11.3 Å². The van der Waals surface area contributed by atoms with Crippen molar-refractivity contribution in [3.63, 3.8) is 0 Å². The summed E-state index contributed by atoms with van der Waals surface area (Å²) in [5.74, 6) is 0.810. The number of hydrogen-bond acceptors (Lipinski definition) is 1. The Morgan fingerprint density at radius 3 is 2.42 bits per heavy atom. The second-order valence-electron chi connectivity index (χ2n) is 6.81. The molecule has 1 saturated carbocycles. The lowest BCUT2D eigenvalue weighted by atomic mass is 10.0. The predicted octanol–water partition coefficient (Wildman–Crippen LogP) is 6.87. The van der Waals surface area contributed by atoms with Crippen molar-refractivity contribution in [2.24, 2.45) is 5.92 Å². The number of rotatable bonds is 5. The summed E-state index contributed by atoms with van der Waals surface area (Å²) in [5.41, 5.74) is 3.92. The molecule has 2 heteroatoms. The maximum absolute atomic E-state index is 14.6. The second kappa shape index (κ2) is 6.52. The Kier molecular flexibility index (Phi) is 4.24. The van der Waals surface area contributed by atoms with Crippen molar-refractivity contribution < 1.29 is 4.39 Å². The quantitative estimate of drug-likeness (QED) is 0.477. The van der Waals surface area contributed by atoms with Gasteiger partial charge in [-0.05, 0) is 61.1 Å². The number of halogens is 1. The SMILES string of the molecule is Cc1ccc(-c2ccc(-c3ccc(CCC4CC4)s3)c(F)c2)cc1. The lowest BCUT2D eigenvalue weighted by Gasteiger charge is -2.06. The molecule has 24 heavy (non-hydrogen) atoms. The monoisotopic (exact) mass is 336 g/mol. The van der Waals surface area contributed by atoms with Gasteiger partial charge in [0.1, 0.15) is 5.82 Å². The van der Waals surface area contributed by atoms with Gasteiger partial charge < -0.3 is 0 Å². The van der Waals surface area contributed by atoms with Crippen LogP contribution < -0.4 is 0 Å². The number of thiophene rings is 1. The molecule has 0 atom stereocenters. The summed E-state index contributed by atoms with van der Waals surface area (Å²) in [6.07, 6.45) is 5.22. The van der Waals surface area contributed by atoms with Crippen LogP contribution in [-0.2, 0) is 6.42 Å². The first kappa shape index (κ1) is 15.6. The normalized spacial score (nSPS) is 14.1. The predicted molar refractivity (Wildman–Crippen MR) is 101 cm³/mol. The summed E-state index contributed by atoms with van der Waals surface area (Å²) in [5, 5.41) is 0. The van der Waals surface area contributed by atoms with E-state index in [0.29, 0.717) is 5.56 Å². The number of aryl methyl sites for hydroxylation is 2. The lowest BCUT2D eigenvalue weighted by molar-refractivity contribution is 0.632. The second-order valence-corrected chi connectivity index (χ2v) is 7.98. The molecule has 1 aromatic heterocycles. The molecular formula is C22H21FS. The van der Waals surface area contributed by atoms with E-state index in [1.54, 1.807) is 17.4 Å². The molecule has 1 heterocycles. The maximum Gasteiger partial charge on any atom is 0.132 e. The van der Waals surface area contributed by atoms with Crippen molar-refractivity contribution in [3.8, 4) is 21.6 Å². The van der Waals surface area contributed by atoms with Gasteiger partial charge in [-0.25, -0.2) is 4.39 Å². The van der Waals surface area contributed by atoms with Crippen molar-refractivity contribution in [2.45, 2.75) is 32.6 Å². The third-order valence-electron chi connectivity index (χ3n) is 4.78. The third-order valence-corrected chi connectivity index (χ3v) is 5.96. The van der Waals surface area contributed by atoms with Gasteiger partial charge in [-0.1, -0.05) is 48.7 Å². The highest BCUT2D eigenvalue weighted by molar-refractivity contribution is 7.15. The van der Waals surface area contributed by atoms with E-state index < -0.39 is 0 Å². The minimum Gasteiger partial charge on any atom is -0.206 e. The molecule has 0 bridgehead atoms. The van der Waals surface area contributed by atoms with Gasteiger partial charge in [-0.3, -0.25) is 0 Å². The Bertz CT molecular complexity index is 841. The van der Waals surface area contributed by atoms with Crippen molar-refractivity contribution in [2.75, 3.05) is 0 Å². The Morgan fingerprint density at radius 2 is 1.71 bits per heavy atom. The third kappa shape index (κ3) is 3.44. The molecule has 4 rings (SSSR count). The molecule has 2 aromatic carbocycles. The topological polar surface area (TPSA) is 0 Å². The summed E-state index contributed by atoms with van der Waals surface area (Å²) in [4.78, 5) is 2.41. The Morgan fingerprint density at radius 1 is 0.958 bits per heavy atom. The van der Waals surface area contributed by atoms with Crippen LogP contribution in [0.15, 0.2) is 54.6 Å². The summed E-state index contributed by atoms with van der Waals surface area (Å²) < 4.78 is 14.6. The van der Waals surface area contributed by atoms with Crippen LogP contribution in [0.2, 0.25) is 0 Å². The zero-order valence-electron chi connectivity index (χ0n) is 13.9. The van der Waals surface area contributed by atoms with Gasteiger partial charge in [0.2, 0.25) is 0 Å². The first-order chi connectivity index (χ1) is 11.7. The first-order valence-electron chi connectivity index (χ1n) is 8.65. The molecule has 3 aromatic rings. The van der Waals surface area contributed by atoms with Gasteiger partial charge >= 0.3 is 0 Å². The zero-order valence-corrected chi connectivity index (χ0v) is 14.7. The minimum atomic E-state index is -0.135. The van der Waals surface area contributed by atoms with E-state index >= 15 is 0 Å². The van der Waals surface area contributed by atoms with Crippen LogP contribution >= 0.6 is 11.3 Å². The lowest BCUT2D eigenvalue weighted by Crippen LogP contribution is -1.85. The zero-order chi connectivity index (χ0) is 16.5. The Labute approximate surface area is 147 Å². The maximum atomic E-state index is 14.6. The van der Waals surface area contributed by atoms with Gasteiger partial charge in [0, 0.05) is 15.3 Å². The molecule has 0 nitrogen and oxygen atoms in total. The van der Waals surface area contributed by atoms with Crippen molar-refractivity contribution in [3.05, 3.63) is 70.9 Å². The molecule has 1 aliphatic rings. The fourth-order valence-corrected chi connectivity index (χ4v) is 4.10. The van der Waals surface area contributed by atoms with Crippen molar-refractivity contribution in [1.29, 1.82) is 0 Å². The van der Waals surface area contributed by atoms with E-state index in [-0.39, 0.29) is 5.82 Å². The van der Waals surface area contributed by atoms with Crippen LogP contribution in [0.4, 0.5) is 4.39 Å². The average Bonchev–Trinajstić information content (AvgIpc) is 3.30. The standard InChI is InChI=1S/C22H21FS/c1-15-2-7-17(8-3-15)18-9-12-20(21(23)14-18)22-13-11-19(24-22)10-6-16-4-5-16/h2-3,7-9,11-14,16H,4-6,10H2,1H3. The highest BCUT2D eigenvalue weighted by Gasteiger charge is 2.21. The molecule has 0 amide bonds. The van der Waals surface area contributed by atoms with Crippen LogP contribution in [0.3, 0.4) is 0 Å². The average molecular weight is 336 g/mol. The number of hydrogen-bond donors (Lipinski definition) is 0. The summed E-state index contributed by atoms with van der Waals surface area (Å²) in [6, 6.07) is 18.0. The first-order valence-corrected chi connectivity index (χ1v) is 9.46. The molecule has 1 fully saturated rings. The van der Waals surface area contributed by atoms with Gasteiger partial charge in [0.25, 0.3) is 0 Å². The van der Waals surface area contributed by atoms with Crippen LogP contribution in [-0.4, -0.2) is 0 Å². The van der Waals surface area contributed by atoms with E-state index in [4.69, 9.17) is 0 Å². The van der Waals surface area contributed by atoms with Gasteiger partial charge in [0.05, 0.1) is 0 Å². The van der Waals surface area contributed by atoms with Crippen molar-refractivity contribution in [1.82, 2.24) is 0 Å². The van der Waals surface area contributed by atoms with Crippen LogP contribution in [0.25, 0.3) is 21.6 Å². The molecule has 0 aliphatic heterocycles. The van der Waals surface area contributed by atoms with Crippen LogP contribution in [0.1, 0.15) is 29.7 Å². The van der Waals surface area contributed by atoms with E-state index in [0.717, 1.165) is 28.3 Å². The van der Waals surface area contributed by atoms with E-state index in [1.165, 1.54) is 29.7 Å². The molecule has 0 saturated heterocycles. The summed E-state index contributed by atoms with van der Waals surface area (Å²) >= 11 is 1.73. The fraction of sp³-hybridized carbons (Fsp3) is 0.273. The highest BCUT2D eigenvalue weighted by atomic mass is 32.1. The fourth-order valence-electron chi connectivity index (χ4n) is 3.05. The van der Waals surface area contributed by atoms with Gasteiger partial charge in [0.15, 0.2) is 0 Å². The molecule has 1 aliphatic carbocycles. The molecule has 0 spiro atoms. The molecule has 122 valence electrons. The van der Waals surface area contributed by atoms with E-state index in [1.807, 2.05) is 24.3 Å². The van der Waals surface area contributed by atoms with Crippen molar-refractivity contribution >= 4 is 11.3 Å². The summed E-state index contributed by atoms with van der Waals surface area (Å²) in [7, 11) is 0. The number of benzene rings is 2. The highest BCUT2D eigenvalue weighted by Crippen LogP contribution is 2.36. The molecule has 0 unspecified atom stereocenters. The van der Waals surface area contributed by atoms with E-state index in [9.17, 15) is 4.39 Å². The molecular weight excluding hydrogens is 315 g/mol. The largest absolute Gasteiger partial charge is 0.206 e.